The minimum Gasteiger partial charge on any atom is -0.493 e. The van der Waals surface area contributed by atoms with Gasteiger partial charge in [0, 0.05) is 39.6 Å². The van der Waals surface area contributed by atoms with Gasteiger partial charge in [0.2, 0.25) is 0 Å². The maximum atomic E-state index is 10.7. The molecule has 0 aromatic heterocycles. The van der Waals surface area contributed by atoms with Crippen molar-refractivity contribution in [3.05, 3.63) is 14.0 Å². The van der Waals surface area contributed by atoms with Gasteiger partial charge >= 0.3 is 0 Å². The number of carbonyl (C=O) groups is 1. The van der Waals surface area contributed by atoms with Crippen molar-refractivity contribution >= 4 is 5.91 Å². The number of hydrogen-bond donors (Lipinski definition) is 0. The van der Waals surface area contributed by atoms with E-state index in [0.717, 1.165) is 19.4 Å². The Kier molecular flexibility index (Phi) is 9.29. The molecule has 0 bridgehead atoms. The zero-order valence-corrected chi connectivity index (χ0v) is 10.2. The number of amides is 1. The minimum absolute atomic E-state index is 0. The number of hydrogen-bond acceptors (Lipinski definition) is 1. The normalized spacial score (nSPS) is 16.3. The van der Waals surface area contributed by atoms with E-state index in [9.17, 15) is 4.79 Å². The standard InChI is InChI=1S/C7H12NO.CH3.Y/c1-7(9)8-5-3-2-4-6-8;;/h5H,2-4,6H2,1H3;1H3;/q2*-1;. The average Bonchev–Trinajstić information content (AvgIpc) is 1.90. The van der Waals surface area contributed by atoms with Crippen molar-refractivity contribution < 1.29 is 37.5 Å². The fourth-order valence-electron chi connectivity index (χ4n) is 1.05. The molecular weight excluding hydrogens is 215 g/mol. The fourth-order valence-corrected chi connectivity index (χ4v) is 1.05. The van der Waals surface area contributed by atoms with E-state index in [1.807, 2.05) is 6.54 Å². The summed E-state index contributed by atoms with van der Waals surface area (Å²) in [6.07, 6.45) is 3.47. The van der Waals surface area contributed by atoms with Gasteiger partial charge in [0.15, 0.2) is 5.91 Å². The maximum absolute atomic E-state index is 10.7. The molecule has 0 saturated carbocycles. The first-order valence-electron chi connectivity index (χ1n) is 3.41. The Morgan fingerprint density at radius 2 is 2.09 bits per heavy atom. The second-order valence-corrected chi connectivity index (χ2v) is 2.39. The predicted octanol–water partition coefficient (Wildman–Crippen LogP) is 1.63. The first kappa shape index (κ1) is 14.1. The fraction of sp³-hybridized carbons (Fsp3) is 0.625. The first-order valence-corrected chi connectivity index (χ1v) is 3.41. The summed E-state index contributed by atoms with van der Waals surface area (Å²) in [5, 5.41) is 0. The van der Waals surface area contributed by atoms with Gasteiger partial charge in [0.05, 0.1) is 0 Å². The van der Waals surface area contributed by atoms with Crippen molar-refractivity contribution in [2.75, 3.05) is 6.54 Å². The van der Waals surface area contributed by atoms with Crippen LogP contribution in [0.2, 0.25) is 0 Å². The summed E-state index contributed by atoms with van der Waals surface area (Å²) in [5.41, 5.74) is 0. The van der Waals surface area contributed by atoms with Crippen molar-refractivity contribution in [3.63, 3.8) is 0 Å². The Morgan fingerprint density at radius 3 is 2.36 bits per heavy atom. The van der Waals surface area contributed by atoms with Gasteiger partial charge in [0.25, 0.3) is 0 Å². The Morgan fingerprint density at radius 1 is 1.45 bits per heavy atom. The van der Waals surface area contributed by atoms with E-state index < -0.39 is 0 Å². The molecule has 1 aliphatic rings. The summed E-state index contributed by atoms with van der Waals surface area (Å²) in [6, 6.07) is 0. The molecule has 0 aliphatic carbocycles. The Balaban J connectivity index is 0. The smallest absolute Gasteiger partial charge is 0.190 e. The van der Waals surface area contributed by atoms with Crippen molar-refractivity contribution in [2.45, 2.75) is 26.2 Å². The topological polar surface area (TPSA) is 20.3 Å². The average molecular weight is 230 g/mol. The van der Waals surface area contributed by atoms with Crippen LogP contribution in [-0.2, 0) is 37.5 Å². The number of piperidine rings is 1. The van der Waals surface area contributed by atoms with Gasteiger partial charge in [-0.3, -0.25) is 4.79 Å². The Hall–Kier alpha value is 0.574. The van der Waals surface area contributed by atoms with Crippen molar-refractivity contribution in [2.24, 2.45) is 0 Å². The van der Waals surface area contributed by atoms with Crippen LogP contribution in [0.25, 0.3) is 0 Å². The van der Waals surface area contributed by atoms with Crippen LogP contribution in [0.15, 0.2) is 0 Å². The van der Waals surface area contributed by atoms with E-state index in [1.165, 1.54) is 6.42 Å². The molecule has 1 radical (unpaired) electrons. The molecule has 0 aromatic carbocycles. The summed E-state index contributed by atoms with van der Waals surface area (Å²) in [7, 11) is 0. The second-order valence-electron chi connectivity index (χ2n) is 2.39. The van der Waals surface area contributed by atoms with Crippen LogP contribution in [-0.4, -0.2) is 17.4 Å². The number of nitrogens with zero attached hydrogens (tertiary/aromatic N) is 1. The van der Waals surface area contributed by atoms with Gasteiger partial charge in [-0.25, -0.2) is 6.54 Å². The zero-order valence-electron chi connectivity index (χ0n) is 7.34. The predicted molar refractivity (Wildman–Crippen MR) is 42.0 cm³/mol. The summed E-state index contributed by atoms with van der Waals surface area (Å²) in [4.78, 5) is 12.5. The van der Waals surface area contributed by atoms with Gasteiger partial charge in [0.1, 0.15) is 0 Å². The molecule has 2 nitrogen and oxygen atoms in total. The van der Waals surface area contributed by atoms with Crippen LogP contribution >= 0.6 is 0 Å². The summed E-state index contributed by atoms with van der Waals surface area (Å²) in [6.45, 7) is 4.53. The van der Waals surface area contributed by atoms with Gasteiger partial charge in [-0.05, 0) is 13.0 Å². The van der Waals surface area contributed by atoms with E-state index in [-0.39, 0.29) is 46.0 Å². The Labute approximate surface area is 94.6 Å². The maximum Gasteiger partial charge on any atom is 0.190 e. The van der Waals surface area contributed by atoms with Gasteiger partial charge < -0.3 is 12.3 Å². The molecule has 1 rings (SSSR count). The van der Waals surface area contributed by atoms with E-state index >= 15 is 0 Å². The first-order chi connectivity index (χ1) is 4.30. The summed E-state index contributed by atoms with van der Waals surface area (Å²) in [5.74, 6) is 0.176. The third-order valence-electron chi connectivity index (χ3n) is 1.61. The molecule has 3 heteroatoms. The minimum atomic E-state index is 0. The molecular formula is C8H15NOY-2. The molecule has 0 unspecified atom stereocenters. The van der Waals surface area contributed by atoms with Crippen LogP contribution < -0.4 is 0 Å². The van der Waals surface area contributed by atoms with E-state index in [2.05, 4.69) is 0 Å². The molecule has 1 fully saturated rings. The van der Waals surface area contributed by atoms with Crippen LogP contribution in [0.1, 0.15) is 26.2 Å². The van der Waals surface area contributed by atoms with E-state index in [0.29, 0.717) is 0 Å². The zero-order chi connectivity index (χ0) is 6.69. The number of rotatable bonds is 0. The molecule has 1 saturated heterocycles. The third-order valence-corrected chi connectivity index (χ3v) is 1.61. The van der Waals surface area contributed by atoms with Gasteiger partial charge in [-0.15, -0.1) is 0 Å². The number of likely N-dealkylation sites (tertiary alicyclic amines) is 1. The molecule has 0 atom stereocenters. The molecule has 63 valence electrons. The molecule has 0 N–H and O–H groups in total. The molecule has 1 amide bonds. The SMILES string of the molecule is CC(=O)N1[CH-]CCCC1.[CH3-].[Y]. The molecule has 11 heavy (non-hydrogen) atoms. The largest absolute Gasteiger partial charge is 0.493 e. The third kappa shape index (κ3) is 4.92. The van der Waals surface area contributed by atoms with Crippen LogP contribution in [0, 0.1) is 14.0 Å². The van der Waals surface area contributed by atoms with Gasteiger partial charge in [-0.2, -0.15) is 6.42 Å². The van der Waals surface area contributed by atoms with E-state index in [1.54, 1.807) is 11.8 Å². The summed E-state index contributed by atoms with van der Waals surface area (Å²) < 4.78 is 0. The number of carbonyl (C=O) groups excluding carboxylic acids is 1. The monoisotopic (exact) mass is 230 g/mol. The van der Waals surface area contributed by atoms with Gasteiger partial charge in [-0.1, -0.05) is 6.42 Å². The van der Waals surface area contributed by atoms with Crippen molar-refractivity contribution in [1.82, 2.24) is 4.90 Å². The van der Waals surface area contributed by atoms with Crippen LogP contribution in [0.5, 0.6) is 0 Å². The quantitative estimate of drug-likeness (QED) is 0.579. The molecule has 0 aromatic rings. The Bertz CT molecular complexity index is 111. The van der Waals surface area contributed by atoms with Crippen molar-refractivity contribution in [1.29, 1.82) is 0 Å². The van der Waals surface area contributed by atoms with Crippen LogP contribution in [0.4, 0.5) is 0 Å². The second kappa shape index (κ2) is 7.24. The molecule has 0 spiro atoms. The molecule has 1 heterocycles. The molecule has 1 aliphatic heterocycles. The van der Waals surface area contributed by atoms with Crippen molar-refractivity contribution in [3.8, 4) is 0 Å². The van der Waals surface area contributed by atoms with Crippen LogP contribution in [0.3, 0.4) is 0 Å². The van der Waals surface area contributed by atoms with E-state index in [4.69, 9.17) is 0 Å². The summed E-state index contributed by atoms with van der Waals surface area (Å²) >= 11 is 0.